The molecule has 0 aliphatic carbocycles. The maximum absolute atomic E-state index is 13.3. The van der Waals surface area contributed by atoms with Gasteiger partial charge < -0.3 is 9.88 Å². The van der Waals surface area contributed by atoms with Crippen molar-refractivity contribution in [1.29, 1.82) is 0 Å². The van der Waals surface area contributed by atoms with E-state index in [1.54, 1.807) is 14.0 Å². The lowest BCUT2D eigenvalue weighted by Crippen LogP contribution is -2.17. The number of terminal acetylenes is 1. The quantitative estimate of drug-likeness (QED) is 0.811. The van der Waals surface area contributed by atoms with E-state index in [0.29, 0.717) is 5.69 Å². The van der Waals surface area contributed by atoms with Crippen LogP contribution in [0.4, 0.5) is 14.5 Å². The molecule has 0 saturated carbocycles. The van der Waals surface area contributed by atoms with Gasteiger partial charge in [-0.15, -0.1) is 12.3 Å². The predicted molar refractivity (Wildman–Crippen MR) is 94.7 cm³/mol. The second kappa shape index (κ2) is 7.30. The Morgan fingerprint density at radius 3 is 2.50 bits per heavy atom. The summed E-state index contributed by atoms with van der Waals surface area (Å²) in [5.74, 6) is -0.691. The second-order valence-electron chi connectivity index (χ2n) is 5.80. The molecule has 1 heterocycles. The summed E-state index contributed by atoms with van der Waals surface area (Å²) >= 11 is 0. The normalized spacial score (nSPS) is 11.2. The van der Waals surface area contributed by atoms with Crippen molar-refractivity contribution >= 4 is 21.4 Å². The molecule has 0 saturated heterocycles. The minimum Gasteiger partial charge on any atom is -0.342 e. The van der Waals surface area contributed by atoms with E-state index in [1.165, 1.54) is 17.6 Å². The zero-order valence-electron chi connectivity index (χ0n) is 14.6. The number of sulfone groups is 1. The van der Waals surface area contributed by atoms with Gasteiger partial charge in [0.1, 0.15) is 5.69 Å². The van der Waals surface area contributed by atoms with Crippen molar-refractivity contribution in [3.05, 3.63) is 46.8 Å². The second-order valence-corrected chi connectivity index (χ2v) is 7.85. The van der Waals surface area contributed by atoms with Gasteiger partial charge in [0.25, 0.3) is 5.91 Å². The molecule has 0 aliphatic heterocycles. The number of nitrogens with zero attached hydrogens (tertiary/aromatic N) is 1. The Morgan fingerprint density at radius 1 is 1.27 bits per heavy atom. The Balaban J connectivity index is 2.44. The van der Waals surface area contributed by atoms with E-state index in [2.05, 4.69) is 11.2 Å². The number of hydrogen-bond donors (Lipinski definition) is 1. The van der Waals surface area contributed by atoms with Crippen molar-refractivity contribution < 1.29 is 22.0 Å². The summed E-state index contributed by atoms with van der Waals surface area (Å²) in [4.78, 5) is 12.6. The number of aromatic nitrogens is 1. The average Bonchev–Trinajstić information content (AvgIpc) is 2.79. The van der Waals surface area contributed by atoms with E-state index in [0.717, 1.165) is 12.1 Å². The lowest BCUT2D eigenvalue weighted by Gasteiger charge is -2.08. The average molecular weight is 380 g/mol. The highest BCUT2D eigenvalue weighted by Crippen LogP contribution is 2.28. The molecule has 0 fully saturated rings. The first-order chi connectivity index (χ1) is 12.1. The molecular weight excluding hydrogens is 362 g/mol. The summed E-state index contributed by atoms with van der Waals surface area (Å²) in [6.45, 7) is 3.11. The molecule has 0 atom stereocenters. The third-order valence-corrected chi connectivity index (χ3v) is 6.05. The van der Waals surface area contributed by atoms with Gasteiger partial charge in [-0.2, -0.15) is 0 Å². The van der Waals surface area contributed by atoms with Crippen LogP contribution in [0.3, 0.4) is 0 Å². The number of anilines is 1. The van der Waals surface area contributed by atoms with E-state index in [1.807, 2.05) is 0 Å². The third kappa shape index (κ3) is 3.63. The van der Waals surface area contributed by atoms with Crippen molar-refractivity contribution in [1.82, 2.24) is 4.57 Å². The van der Waals surface area contributed by atoms with Crippen LogP contribution in [0.5, 0.6) is 0 Å². The minimum atomic E-state index is -3.66. The lowest BCUT2D eigenvalue weighted by molar-refractivity contribution is 0.101. The van der Waals surface area contributed by atoms with Gasteiger partial charge in [-0.05, 0) is 31.5 Å². The molecule has 1 N–H and O–H groups in total. The molecule has 0 radical (unpaired) electrons. The van der Waals surface area contributed by atoms with Gasteiger partial charge in [-0.1, -0.05) is 0 Å². The number of carbonyl (C=O) groups excluding carboxylic acids is 1. The fourth-order valence-electron chi connectivity index (χ4n) is 2.79. The number of nitrogens with one attached hydrogen (secondary N) is 1. The van der Waals surface area contributed by atoms with Gasteiger partial charge >= 0.3 is 0 Å². The van der Waals surface area contributed by atoms with Crippen molar-refractivity contribution in [3.8, 4) is 12.3 Å². The smallest absolute Gasteiger partial charge is 0.272 e. The molecule has 26 heavy (non-hydrogen) atoms. The molecule has 1 aromatic carbocycles. The molecule has 0 spiro atoms. The van der Waals surface area contributed by atoms with E-state index in [4.69, 9.17) is 6.42 Å². The van der Waals surface area contributed by atoms with Crippen LogP contribution in [0.25, 0.3) is 0 Å². The van der Waals surface area contributed by atoms with Gasteiger partial charge in [0.2, 0.25) is 0 Å². The molecule has 5 nitrogen and oxygen atoms in total. The van der Waals surface area contributed by atoms with Crippen LogP contribution in [0.15, 0.2) is 23.1 Å². The van der Waals surface area contributed by atoms with Crippen molar-refractivity contribution in [2.75, 3.05) is 11.1 Å². The summed E-state index contributed by atoms with van der Waals surface area (Å²) in [7, 11) is -2.10. The number of carbonyl (C=O) groups is 1. The van der Waals surface area contributed by atoms with E-state index < -0.39 is 27.4 Å². The molecule has 2 rings (SSSR count). The first kappa shape index (κ1) is 19.7. The van der Waals surface area contributed by atoms with Crippen LogP contribution in [0, 0.1) is 37.8 Å². The molecule has 0 bridgehead atoms. The highest BCUT2D eigenvalue weighted by atomic mass is 32.2. The summed E-state index contributed by atoms with van der Waals surface area (Å²) < 4.78 is 52.8. The van der Waals surface area contributed by atoms with Crippen LogP contribution in [0.2, 0.25) is 0 Å². The molecule has 0 aliphatic rings. The largest absolute Gasteiger partial charge is 0.342 e. The Hall–Kier alpha value is -2.66. The molecule has 2 aromatic rings. The third-order valence-electron chi connectivity index (χ3n) is 4.08. The number of benzene rings is 1. The topological polar surface area (TPSA) is 68.2 Å². The number of amides is 1. The standard InChI is InChI=1S/C18H18F2N2O3S/c1-5-6-9-26(24,25)17-11(2)16(22(4)12(17)3)18(23)21-13-7-8-14(19)15(20)10-13/h1,7-8,10H,6,9H2,2-4H3,(H,21,23). The fraction of sp³-hybridized carbons (Fsp3) is 0.278. The van der Waals surface area contributed by atoms with E-state index in [-0.39, 0.29) is 34.0 Å². The Kier molecular flexibility index (Phi) is 5.52. The first-order valence-electron chi connectivity index (χ1n) is 7.68. The molecule has 138 valence electrons. The zero-order chi connectivity index (χ0) is 19.6. The summed E-state index contributed by atoms with van der Waals surface area (Å²) in [6.07, 6.45) is 5.20. The van der Waals surface area contributed by atoms with Crippen LogP contribution < -0.4 is 5.32 Å². The summed E-state index contributed by atoms with van der Waals surface area (Å²) in [5, 5.41) is 2.45. The highest BCUT2D eigenvalue weighted by molar-refractivity contribution is 7.91. The monoisotopic (exact) mass is 380 g/mol. The van der Waals surface area contributed by atoms with Crippen LogP contribution in [-0.4, -0.2) is 24.6 Å². The summed E-state index contributed by atoms with van der Waals surface area (Å²) in [5.41, 5.74) is 0.854. The first-order valence-corrected chi connectivity index (χ1v) is 9.34. The minimum absolute atomic E-state index is 0.0592. The molecule has 1 amide bonds. The Bertz CT molecular complexity index is 1020. The van der Waals surface area contributed by atoms with E-state index in [9.17, 15) is 22.0 Å². The number of rotatable bonds is 5. The van der Waals surface area contributed by atoms with Gasteiger partial charge in [-0.25, -0.2) is 17.2 Å². The van der Waals surface area contributed by atoms with Gasteiger partial charge in [-0.3, -0.25) is 4.79 Å². The molecular formula is C18H18F2N2O3S. The van der Waals surface area contributed by atoms with Crippen molar-refractivity contribution in [3.63, 3.8) is 0 Å². The molecule has 0 unspecified atom stereocenters. The molecule has 1 aromatic heterocycles. The Morgan fingerprint density at radius 2 is 1.92 bits per heavy atom. The number of halogens is 2. The zero-order valence-corrected chi connectivity index (χ0v) is 15.4. The van der Waals surface area contributed by atoms with Crippen LogP contribution in [-0.2, 0) is 16.9 Å². The summed E-state index contributed by atoms with van der Waals surface area (Å²) in [6, 6.07) is 2.96. The van der Waals surface area contributed by atoms with Gasteiger partial charge in [0, 0.05) is 30.9 Å². The van der Waals surface area contributed by atoms with Crippen LogP contribution in [0.1, 0.15) is 28.2 Å². The maximum Gasteiger partial charge on any atom is 0.272 e. The van der Waals surface area contributed by atoms with Gasteiger partial charge in [0.15, 0.2) is 21.5 Å². The van der Waals surface area contributed by atoms with Crippen molar-refractivity contribution in [2.45, 2.75) is 25.2 Å². The maximum atomic E-state index is 13.3. The predicted octanol–water partition coefficient (Wildman–Crippen LogP) is 2.97. The van der Waals surface area contributed by atoms with Crippen molar-refractivity contribution in [2.24, 2.45) is 7.05 Å². The highest BCUT2D eigenvalue weighted by Gasteiger charge is 2.28. The van der Waals surface area contributed by atoms with Crippen LogP contribution >= 0.6 is 0 Å². The SMILES string of the molecule is C#CCCS(=O)(=O)c1c(C)c(C(=O)Nc2ccc(F)c(F)c2)n(C)c1C. The Labute approximate surface area is 150 Å². The fourth-order valence-corrected chi connectivity index (χ4v) is 4.53. The lowest BCUT2D eigenvalue weighted by atomic mass is 10.2. The van der Waals surface area contributed by atoms with E-state index >= 15 is 0 Å². The number of hydrogen-bond acceptors (Lipinski definition) is 3. The van der Waals surface area contributed by atoms with Gasteiger partial charge in [0.05, 0.1) is 10.6 Å². The molecule has 8 heteroatoms.